The number of pyridine rings is 1. The molecule has 0 saturated carbocycles. The zero-order valence-corrected chi connectivity index (χ0v) is 71.6. The van der Waals surface area contributed by atoms with Crippen molar-refractivity contribution in [3.63, 3.8) is 0 Å². The summed E-state index contributed by atoms with van der Waals surface area (Å²) in [6.07, 6.45) is -13.2. The molecule has 11 aromatic carbocycles. The molecule has 5 atom stereocenters. The number of aromatic nitrogens is 1. The second kappa shape index (κ2) is 41.6. The van der Waals surface area contributed by atoms with Crippen LogP contribution in [-0.2, 0) is 35.0 Å². The molecule has 12 aromatic rings. The molecule has 1 aromatic heterocycles. The SMILES string of the molecule is CN(C)CCN(Cc1ccccc1)c1ccccn1.O=C(OC[C@H]1O[C@@H](OC(=O)c2cc(O)c(O)c(OC(=O)c3cc(O)c(O)c(O)c3)c2)[C@H](OC(=O)c2cc(O)c(O)c(OC(=O)c3cc(O)c(O)c(O)c3)c2)[C@@H](OC(=O)c2cc(O)c(O)c(OC(=O)c3cc(O)c(O)c(O)c3)c2)[C@@H]1OC(=O)c1cc(O)c(O)c(OC(=O)c2cc(O)c(O)c(O)c2)c1)c1cc(O)c(O)c(OC(=O)c2cc(O)c(O)c(O)c2)c1. The zero-order chi connectivity index (χ0) is 103. The Balaban J connectivity index is 0.000000831. The summed E-state index contributed by atoms with van der Waals surface area (Å²) in [6, 6.07) is 25.1. The highest BCUT2D eigenvalue weighted by Gasteiger charge is 2.55. The fraction of sp³-hybridized carbons (Fsp3) is 0.120. The van der Waals surface area contributed by atoms with E-state index in [-0.39, 0.29) is 0 Å². The molecular weight excluding hydrogens is 1880 g/mol. The lowest BCUT2D eigenvalue weighted by atomic mass is 9.97. The predicted molar refractivity (Wildman–Crippen MR) is 463 cm³/mol. The standard InChI is InChI=1S/C76H52O46.C16H21N3/c77-32-1-22(2-33(78)53(32)92)67(103)113-47-16-27(11-42(87)58(47)97)66(102)112-21-52-63(119-72(108)28-12-43(88)59(98)48(17-28)114-68(104)23-3-34(79)54(93)35(80)4-23)64(120-73(109)29-13-44(89)60(99)49(18-29)115-69(105)24-5-36(81)55(94)37(82)6-24)65(121-74(110)30-14-45(90)61(100)50(19-30)116-70(106)25-7-38(83)56(95)39(84)8-25)76(118-52)122-75(111)31-15-46(91)62(101)51(20-31)117-71(107)26-9-40(85)57(96)41(86)10-26;1-18(2)12-13-19(16-10-6-7-11-17-16)14-15-8-4-3-5-9-15/h1-20,52,63-65,76-101H,21H2;3-11H,12-14H2,1-2H3/t52-,63-,64+,65-,76+;/m1./s1. The molecule has 0 aliphatic carbocycles. The lowest BCUT2D eigenvalue weighted by Crippen LogP contribution is -2.63. The van der Waals surface area contributed by atoms with Gasteiger partial charge >= 0.3 is 59.7 Å². The lowest BCUT2D eigenvalue weighted by molar-refractivity contribution is -0.282. The molecule has 732 valence electrons. The normalized spacial score (nSPS) is 14.1. The summed E-state index contributed by atoms with van der Waals surface area (Å²) in [5.41, 5.74) is -8.58. The van der Waals surface area contributed by atoms with Crippen molar-refractivity contribution in [1.82, 2.24) is 9.88 Å². The minimum atomic E-state index is -3.12. The number of likely N-dealkylation sites (N-methyl/N-ethyl adjacent to an activating group) is 1. The molecule has 49 nitrogen and oxygen atoms in total. The number of hydrogen-bond donors (Lipinski definition) is 25. The second-order valence-corrected chi connectivity index (χ2v) is 30.0. The molecule has 1 saturated heterocycles. The molecule has 49 heteroatoms. The fourth-order valence-corrected chi connectivity index (χ4v) is 12.8. The Labute approximate surface area is 785 Å². The molecule has 25 N–H and O–H groups in total. The van der Waals surface area contributed by atoms with Gasteiger partial charge in [0, 0.05) is 25.8 Å². The van der Waals surface area contributed by atoms with Gasteiger partial charge in [-0.25, -0.2) is 52.9 Å². The van der Waals surface area contributed by atoms with Gasteiger partial charge in [-0.1, -0.05) is 36.4 Å². The Kier molecular flexibility index (Phi) is 29.5. The van der Waals surface area contributed by atoms with E-state index >= 15 is 14.4 Å². The smallest absolute Gasteiger partial charge is 0.343 e. The van der Waals surface area contributed by atoms with Crippen molar-refractivity contribution in [2.45, 2.75) is 37.3 Å². The van der Waals surface area contributed by atoms with Gasteiger partial charge < -0.3 is 190 Å². The fourth-order valence-electron chi connectivity index (χ4n) is 12.8. The average Bonchev–Trinajstić information content (AvgIpc) is 0.750. The first-order valence-corrected chi connectivity index (χ1v) is 39.8. The Morgan fingerprint density at radius 2 is 0.525 bits per heavy atom. The first-order chi connectivity index (χ1) is 66.6. The van der Waals surface area contributed by atoms with Crippen LogP contribution in [0.4, 0.5) is 5.82 Å². The van der Waals surface area contributed by atoms with Crippen LogP contribution >= 0.6 is 0 Å². The molecule has 1 aliphatic rings. The van der Waals surface area contributed by atoms with Gasteiger partial charge in [0.05, 0.1) is 55.6 Å². The van der Waals surface area contributed by atoms with E-state index in [1.807, 2.05) is 18.3 Å². The summed E-state index contributed by atoms with van der Waals surface area (Å²) in [7, 11) is 4.19. The third-order valence-electron chi connectivity index (χ3n) is 19.9. The summed E-state index contributed by atoms with van der Waals surface area (Å²) in [5.74, 6) is -54.9. The Morgan fingerprint density at radius 3 is 0.801 bits per heavy atom. The number of benzene rings is 11. The first kappa shape index (κ1) is 100.0. The van der Waals surface area contributed by atoms with Crippen LogP contribution in [0, 0.1) is 0 Å². The number of aromatic hydroxyl groups is 25. The second-order valence-electron chi connectivity index (χ2n) is 30.0. The Bertz CT molecular complexity index is 6870. The van der Waals surface area contributed by atoms with Crippen LogP contribution in [0.3, 0.4) is 0 Å². The van der Waals surface area contributed by atoms with Crippen LogP contribution in [0.5, 0.6) is 172 Å². The summed E-state index contributed by atoms with van der Waals surface area (Å²) in [4.78, 5) is 151. The number of esters is 10. The topological polar surface area (TPSA) is 797 Å². The van der Waals surface area contributed by atoms with Crippen LogP contribution < -0.4 is 28.6 Å². The number of phenols is 25. The third-order valence-corrected chi connectivity index (χ3v) is 19.9. The summed E-state index contributed by atoms with van der Waals surface area (Å²) in [5, 5.41) is 261. The van der Waals surface area contributed by atoms with Crippen molar-refractivity contribution >= 4 is 65.5 Å². The molecule has 2 heterocycles. The third kappa shape index (κ3) is 22.9. The molecule has 141 heavy (non-hydrogen) atoms. The Hall–Kier alpha value is -20.0. The van der Waals surface area contributed by atoms with Gasteiger partial charge in [0.15, 0.2) is 156 Å². The maximum atomic E-state index is 15.3. The van der Waals surface area contributed by atoms with Crippen LogP contribution in [0.1, 0.15) is 109 Å². The summed E-state index contributed by atoms with van der Waals surface area (Å²) in [6.45, 7) is 1.18. The molecule has 0 amide bonds. The molecule has 0 unspecified atom stereocenters. The highest BCUT2D eigenvalue weighted by Crippen LogP contribution is 2.48. The van der Waals surface area contributed by atoms with E-state index < -0.39 is 325 Å². The number of phenolic OH excluding ortho intramolecular Hbond substituents is 25. The molecule has 0 spiro atoms. The van der Waals surface area contributed by atoms with Crippen molar-refractivity contribution in [2.75, 3.05) is 38.7 Å². The van der Waals surface area contributed by atoms with Gasteiger partial charge in [-0.05, 0) is 153 Å². The lowest BCUT2D eigenvalue weighted by Gasteiger charge is -2.43. The molecular formula is C92H73N3O46. The summed E-state index contributed by atoms with van der Waals surface area (Å²) >= 11 is 0. The van der Waals surface area contributed by atoms with Crippen molar-refractivity contribution < 1.29 is 228 Å². The Morgan fingerprint density at radius 1 is 0.277 bits per heavy atom. The van der Waals surface area contributed by atoms with E-state index in [1.54, 1.807) is 0 Å². The van der Waals surface area contributed by atoms with Gasteiger partial charge in [0.1, 0.15) is 18.5 Å². The van der Waals surface area contributed by atoms with E-state index in [2.05, 4.69) is 65.3 Å². The van der Waals surface area contributed by atoms with E-state index in [0.717, 1.165) is 25.5 Å². The minimum Gasteiger partial charge on any atom is -0.504 e. The molecule has 1 aliphatic heterocycles. The maximum absolute atomic E-state index is 15.3. The quantitative estimate of drug-likeness (QED) is 0.0103. The molecule has 0 radical (unpaired) electrons. The number of ether oxygens (including phenoxy) is 11. The van der Waals surface area contributed by atoms with E-state index in [4.69, 9.17) is 52.1 Å². The van der Waals surface area contributed by atoms with Crippen molar-refractivity contribution in [3.05, 3.63) is 237 Å². The van der Waals surface area contributed by atoms with Gasteiger partial charge in [0.2, 0.25) is 41.1 Å². The summed E-state index contributed by atoms with van der Waals surface area (Å²) < 4.78 is 60.4. The van der Waals surface area contributed by atoms with Crippen LogP contribution in [0.2, 0.25) is 0 Å². The molecule has 0 bridgehead atoms. The first-order valence-electron chi connectivity index (χ1n) is 39.8. The monoisotopic (exact) mass is 1960 g/mol. The highest BCUT2D eigenvalue weighted by molar-refractivity contribution is 6.00. The number of hydrogen-bond acceptors (Lipinski definition) is 49. The predicted octanol–water partition coefficient (Wildman–Crippen LogP) is 7.49. The highest BCUT2D eigenvalue weighted by atomic mass is 16.8. The molecule has 1 fully saturated rings. The van der Waals surface area contributed by atoms with Crippen molar-refractivity contribution in [1.29, 1.82) is 0 Å². The maximum Gasteiger partial charge on any atom is 0.343 e. The zero-order valence-electron chi connectivity index (χ0n) is 71.6. The number of rotatable bonds is 27. The van der Waals surface area contributed by atoms with Crippen molar-refractivity contribution in [2.24, 2.45) is 0 Å². The van der Waals surface area contributed by atoms with Gasteiger partial charge in [-0.15, -0.1) is 0 Å². The number of anilines is 1. The van der Waals surface area contributed by atoms with Gasteiger partial charge in [-0.3, -0.25) is 0 Å². The number of carbonyl (C=O) groups excluding carboxylic acids is 10. The van der Waals surface area contributed by atoms with Crippen LogP contribution in [-0.4, -0.2) is 262 Å². The number of carbonyl (C=O) groups is 10. The van der Waals surface area contributed by atoms with Gasteiger partial charge in [-0.2, -0.15) is 0 Å². The van der Waals surface area contributed by atoms with Crippen molar-refractivity contribution in [3.8, 4) is 172 Å². The molecule has 13 rings (SSSR count). The number of nitrogens with zero attached hydrogens (tertiary/aromatic N) is 3. The van der Waals surface area contributed by atoms with E-state index in [1.165, 1.54) is 5.56 Å². The van der Waals surface area contributed by atoms with E-state index in [0.29, 0.717) is 121 Å². The van der Waals surface area contributed by atoms with Crippen LogP contribution in [0.25, 0.3) is 0 Å². The minimum absolute atomic E-state index is 0.295. The average molecular weight is 1960 g/mol. The van der Waals surface area contributed by atoms with E-state index in [9.17, 15) is 161 Å². The van der Waals surface area contributed by atoms with Gasteiger partial charge in [0.25, 0.3) is 0 Å². The largest absolute Gasteiger partial charge is 0.504 e. The van der Waals surface area contributed by atoms with Crippen LogP contribution in [0.15, 0.2) is 176 Å².